The summed E-state index contributed by atoms with van der Waals surface area (Å²) >= 11 is 1.58. The Balaban J connectivity index is 1.93. The van der Waals surface area contributed by atoms with Crippen LogP contribution in [0.2, 0.25) is 0 Å². The molecule has 0 atom stereocenters. The number of carbonyl (C=O) groups excluding carboxylic acids is 1. The van der Waals surface area contributed by atoms with Gasteiger partial charge in [-0.25, -0.2) is 4.79 Å². The molecule has 0 aliphatic heterocycles. The monoisotopic (exact) mass is 299 g/mol. The largest absolute Gasteiger partial charge is 0.422 e. The predicted octanol–water partition coefficient (Wildman–Crippen LogP) is 3.13. The summed E-state index contributed by atoms with van der Waals surface area (Å²) in [6, 6.07) is 10.7. The van der Waals surface area contributed by atoms with Crippen LogP contribution in [-0.4, -0.2) is 17.9 Å². The Morgan fingerprint density at radius 1 is 1.29 bits per heavy atom. The van der Waals surface area contributed by atoms with Crippen LogP contribution in [0.5, 0.6) is 0 Å². The molecule has 0 N–H and O–H groups in total. The summed E-state index contributed by atoms with van der Waals surface area (Å²) in [4.78, 5) is 25.9. The molecule has 21 heavy (non-hydrogen) atoms. The van der Waals surface area contributed by atoms with E-state index in [-0.39, 0.29) is 11.5 Å². The molecule has 2 aromatic heterocycles. The molecule has 1 aromatic carbocycles. The Kier molecular flexibility index (Phi) is 3.58. The van der Waals surface area contributed by atoms with Crippen LogP contribution in [0.1, 0.15) is 15.9 Å². The number of para-hydroxylation sites is 1. The number of thiophene rings is 1. The van der Waals surface area contributed by atoms with Crippen molar-refractivity contribution in [3.05, 3.63) is 68.7 Å². The fourth-order valence-corrected chi connectivity index (χ4v) is 2.80. The first-order valence-electron chi connectivity index (χ1n) is 6.44. The highest BCUT2D eigenvalue weighted by Crippen LogP contribution is 2.15. The lowest BCUT2D eigenvalue weighted by Gasteiger charge is -2.15. The Bertz CT molecular complexity index is 836. The van der Waals surface area contributed by atoms with E-state index in [9.17, 15) is 9.59 Å². The molecule has 0 spiro atoms. The van der Waals surface area contributed by atoms with Gasteiger partial charge in [0.25, 0.3) is 5.91 Å². The summed E-state index contributed by atoms with van der Waals surface area (Å²) < 4.78 is 5.20. The van der Waals surface area contributed by atoms with Gasteiger partial charge in [0.1, 0.15) is 11.1 Å². The van der Waals surface area contributed by atoms with Crippen molar-refractivity contribution in [1.29, 1.82) is 0 Å². The molecule has 4 nitrogen and oxygen atoms in total. The molecule has 0 bridgehead atoms. The van der Waals surface area contributed by atoms with Crippen LogP contribution in [0.3, 0.4) is 0 Å². The van der Waals surface area contributed by atoms with Crippen LogP contribution >= 0.6 is 11.3 Å². The molecule has 0 aliphatic rings. The number of hydrogen-bond acceptors (Lipinski definition) is 4. The van der Waals surface area contributed by atoms with E-state index in [4.69, 9.17) is 4.42 Å². The van der Waals surface area contributed by atoms with E-state index >= 15 is 0 Å². The van der Waals surface area contributed by atoms with Crippen molar-refractivity contribution in [3.8, 4) is 0 Å². The lowest BCUT2D eigenvalue weighted by atomic mass is 10.1. The lowest BCUT2D eigenvalue weighted by Crippen LogP contribution is -2.30. The van der Waals surface area contributed by atoms with Gasteiger partial charge in [0.05, 0.1) is 0 Å². The van der Waals surface area contributed by atoms with E-state index in [2.05, 4.69) is 0 Å². The fraction of sp³-hybridized carbons (Fsp3) is 0.125. The number of amides is 1. The van der Waals surface area contributed by atoms with Gasteiger partial charge in [-0.1, -0.05) is 18.2 Å². The van der Waals surface area contributed by atoms with Crippen molar-refractivity contribution in [2.24, 2.45) is 0 Å². The summed E-state index contributed by atoms with van der Waals surface area (Å²) in [5.74, 6) is -0.333. The third kappa shape index (κ3) is 2.73. The lowest BCUT2D eigenvalue weighted by molar-refractivity contribution is 0.0781. The molecule has 3 aromatic rings. The molecule has 5 heteroatoms. The molecule has 0 unspecified atom stereocenters. The second-order valence-corrected chi connectivity index (χ2v) is 5.56. The molecule has 0 saturated carbocycles. The first kappa shape index (κ1) is 13.6. The first-order valence-corrected chi connectivity index (χ1v) is 7.39. The normalized spacial score (nSPS) is 10.7. The zero-order valence-corrected chi connectivity index (χ0v) is 12.2. The molecule has 2 heterocycles. The van der Waals surface area contributed by atoms with Crippen LogP contribution < -0.4 is 5.63 Å². The molecule has 106 valence electrons. The zero-order valence-electron chi connectivity index (χ0n) is 11.4. The van der Waals surface area contributed by atoms with Crippen molar-refractivity contribution in [3.63, 3.8) is 0 Å². The Labute approximate surface area is 125 Å². The molecule has 0 radical (unpaired) electrons. The second kappa shape index (κ2) is 5.54. The van der Waals surface area contributed by atoms with E-state index < -0.39 is 5.63 Å². The zero-order chi connectivity index (χ0) is 14.8. The number of rotatable bonds is 3. The van der Waals surface area contributed by atoms with Crippen molar-refractivity contribution in [2.75, 3.05) is 7.05 Å². The fourth-order valence-electron chi connectivity index (χ4n) is 2.14. The molecule has 1 amide bonds. The molecular weight excluding hydrogens is 286 g/mol. The summed E-state index contributed by atoms with van der Waals surface area (Å²) in [6.45, 7) is 0.467. The van der Waals surface area contributed by atoms with Crippen LogP contribution in [0.25, 0.3) is 11.0 Å². The molecular formula is C16H13NO3S. The number of benzene rings is 1. The summed E-state index contributed by atoms with van der Waals surface area (Å²) in [6.07, 6.45) is 0. The van der Waals surface area contributed by atoms with Crippen molar-refractivity contribution < 1.29 is 9.21 Å². The third-order valence-electron chi connectivity index (χ3n) is 3.22. The minimum atomic E-state index is -0.601. The second-order valence-electron chi connectivity index (χ2n) is 4.78. The maximum atomic E-state index is 12.4. The smallest absolute Gasteiger partial charge is 0.349 e. The average Bonchev–Trinajstić information content (AvgIpc) is 2.98. The van der Waals surface area contributed by atoms with Crippen LogP contribution in [0.15, 0.2) is 56.4 Å². The number of fused-ring (bicyclic) bond motifs is 1. The summed E-state index contributed by atoms with van der Waals surface area (Å²) in [5, 5.41) is 4.68. The highest BCUT2D eigenvalue weighted by molar-refractivity contribution is 7.07. The van der Waals surface area contributed by atoms with Crippen LogP contribution in [-0.2, 0) is 6.54 Å². The van der Waals surface area contributed by atoms with Gasteiger partial charge >= 0.3 is 5.63 Å². The van der Waals surface area contributed by atoms with Crippen LogP contribution in [0.4, 0.5) is 0 Å². The minimum absolute atomic E-state index is 0.0615. The van der Waals surface area contributed by atoms with Gasteiger partial charge in [0, 0.05) is 19.0 Å². The maximum absolute atomic E-state index is 12.4. The molecule has 0 aliphatic carbocycles. The van der Waals surface area contributed by atoms with E-state index in [1.807, 2.05) is 29.0 Å². The van der Waals surface area contributed by atoms with E-state index in [0.29, 0.717) is 12.1 Å². The molecule has 0 fully saturated rings. The Morgan fingerprint density at radius 3 is 2.86 bits per heavy atom. The molecule has 3 rings (SSSR count). The highest BCUT2D eigenvalue weighted by atomic mass is 32.1. The quantitative estimate of drug-likeness (QED) is 0.698. The molecule has 0 saturated heterocycles. The van der Waals surface area contributed by atoms with Gasteiger partial charge in [-0.2, -0.15) is 11.3 Å². The van der Waals surface area contributed by atoms with Gasteiger partial charge in [-0.3, -0.25) is 4.79 Å². The summed E-state index contributed by atoms with van der Waals surface area (Å²) in [7, 11) is 1.68. The topological polar surface area (TPSA) is 50.5 Å². The van der Waals surface area contributed by atoms with E-state index in [1.165, 1.54) is 4.90 Å². The van der Waals surface area contributed by atoms with Crippen LogP contribution in [0, 0.1) is 0 Å². The standard InChI is InChI=1S/C16H13NO3S/c1-17(9-11-6-7-21-10-11)15(18)13-8-12-4-2-3-5-14(12)20-16(13)19/h2-8,10H,9H2,1H3. The third-order valence-corrected chi connectivity index (χ3v) is 3.95. The van der Waals surface area contributed by atoms with Gasteiger partial charge in [-0.15, -0.1) is 0 Å². The summed E-state index contributed by atoms with van der Waals surface area (Å²) in [5.41, 5.74) is 0.989. The number of hydrogen-bond donors (Lipinski definition) is 0. The average molecular weight is 299 g/mol. The Hall–Kier alpha value is -2.40. The van der Waals surface area contributed by atoms with Gasteiger partial charge in [0.2, 0.25) is 0 Å². The van der Waals surface area contributed by atoms with E-state index in [1.54, 1.807) is 36.6 Å². The number of carbonyl (C=O) groups is 1. The van der Waals surface area contributed by atoms with Crippen molar-refractivity contribution >= 4 is 28.2 Å². The Morgan fingerprint density at radius 2 is 2.10 bits per heavy atom. The van der Waals surface area contributed by atoms with Gasteiger partial charge < -0.3 is 9.32 Å². The maximum Gasteiger partial charge on any atom is 0.349 e. The SMILES string of the molecule is CN(Cc1ccsc1)C(=O)c1cc2ccccc2oc1=O. The minimum Gasteiger partial charge on any atom is -0.422 e. The van der Waals surface area contributed by atoms with E-state index in [0.717, 1.165) is 10.9 Å². The number of nitrogens with zero attached hydrogens (tertiary/aromatic N) is 1. The predicted molar refractivity (Wildman–Crippen MR) is 82.6 cm³/mol. The highest BCUT2D eigenvalue weighted by Gasteiger charge is 2.18. The van der Waals surface area contributed by atoms with Crippen molar-refractivity contribution in [2.45, 2.75) is 6.54 Å². The van der Waals surface area contributed by atoms with Crippen molar-refractivity contribution in [1.82, 2.24) is 4.90 Å². The van der Waals surface area contributed by atoms with Gasteiger partial charge in [0.15, 0.2) is 0 Å². The first-order chi connectivity index (χ1) is 10.1. The van der Waals surface area contributed by atoms with Gasteiger partial charge in [-0.05, 0) is 34.5 Å².